The molecule has 1 unspecified atom stereocenters. The van der Waals surface area contributed by atoms with Gasteiger partial charge in [0.15, 0.2) is 0 Å². The Morgan fingerprint density at radius 3 is 2.67 bits per heavy atom. The first-order valence-electron chi connectivity index (χ1n) is 3.62. The Morgan fingerprint density at radius 2 is 2.22 bits per heavy atom. The maximum atomic E-state index is 8.76. The molecule has 0 aliphatic heterocycles. The van der Waals surface area contributed by atoms with Crippen molar-refractivity contribution in [2.45, 2.75) is 39.2 Å². The van der Waals surface area contributed by atoms with Crippen molar-refractivity contribution in [1.29, 1.82) is 0 Å². The number of allylic oxidation sites excluding steroid dienone is 1. The smallest absolute Gasteiger partial charge is 0.0692 e. The lowest BCUT2D eigenvalue weighted by Crippen LogP contribution is -1.91. The Labute approximate surface area is 57.4 Å². The van der Waals surface area contributed by atoms with Crippen molar-refractivity contribution >= 4 is 0 Å². The predicted octanol–water partition coefficient (Wildman–Crippen LogP) is 2.11. The van der Waals surface area contributed by atoms with Gasteiger partial charge in [0.05, 0.1) is 6.10 Å². The van der Waals surface area contributed by atoms with Gasteiger partial charge in [0.25, 0.3) is 0 Å². The normalized spacial score (nSPS) is 14.6. The molecule has 0 aromatic rings. The van der Waals surface area contributed by atoms with Crippen LogP contribution in [0.3, 0.4) is 0 Å². The van der Waals surface area contributed by atoms with Gasteiger partial charge in [-0.1, -0.05) is 31.9 Å². The fourth-order valence-corrected chi connectivity index (χ4v) is 0.615. The van der Waals surface area contributed by atoms with Gasteiger partial charge in [-0.05, 0) is 13.3 Å². The van der Waals surface area contributed by atoms with Crippen molar-refractivity contribution in [2.75, 3.05) is 0 Å². The highest BCUT2D eigenvalue weighted by Crippen LogP contribution is 1.95. The van der Waals surface area contributed by atoms with Crippen molar-refractivity contribution in [3.63, 3.8) is 0 Å². The molecule has 1 nitrogen and oxygen atoms in total. The van der Waals surface area contributed by atoms with Gasteiger partial charge in [-0.15, -0.1) is 0 Å². The summed E-state index contributed by atoms with van der Waals surface area (Å²) in [6.07, 6.45) is 7.14. The first-order valence-corrected chi connectivity index (χ1v) is 3.62. The summed E-state index contributed by atoms with van der Waals surface area (Å²) in [6, 6.07) is 0. The highest BCUT2D eigenvalue weighted by Gasteiger charge is 1.83. The van der Waals surface area contributed by atoms with E-state index < -0.39 is 0 Å². The second-order valence-corrected chi connectivity index (χ2v) is 2.31. The molecule has 0 aliphatic rings. The van der Waals surface area contributed by atoms with Crippen molar-refractivity contribution in [2.24, 2.45) is 0 Å². The van der Waals surface area contributed by atoms with Crippen LogP contribution in [0.15, 0.2) is 12.2 Å². The molecule has 0 saturated heterocycles. The molecular weight excluding hydrogens is 112 g/mol. The predicted molar refractivity (Wildman–Crippen MR) is 40.3 cm³/mol. The Balaban J connectivity index is 3.04. The first kappa shape index (κ1) is 8.70. The topological polar surface area (TPSA) is 20.2 Å². The summed E-state index contributed by atoms with van der Waals surface area (Å²) in [4.78, 5) is 0. The molecule has 0 heterocycles. The van der Waals surface area contributed by atoms with Gasteiger partial charge in [-0.3, -0.25) is 0 Å². The van der Waals surface area contributed by atoms with E-state index in [1.54, 1.807) is 6.92 Å². The first-order chi connectivity index (χ1) is 4.27. The summed E-state index contributed by atoms with van der Waals surface area (Å²) in [6.45, 7) is 3.93. The Kier molecular flexibility index (Phi) is 5.64. The number of aliphatic hydroxyl groups is 1. The van der Waals surface area contributed by atoms with Crippen LogP contribution in [0.1, 0.15) is 33.1 Å². The quantitative estimate of drug-likeness (QED) is 0.454. The van der Waals surface area contributed by atoms with Gasteiger partial charge < -0.3 is 5.11 Å². The third-order valence-electron chi connectivity index (χ3n) is 1.14. The van der Waals surface area contributed by atoms with Gasteiger partial charge in [-0.25, -0.2) is 0 Å². The van der Waals surface area contributed by atoms with E-state index in [4.69, 9.17) is 5.11 Å². The third-order valence-corrected chi connectivity index (χ3v) is 1.14. The molecule has 9 heavy (non-hydrogen) atoms. The van der Waals surface area contributed by atoms with Gasteiger partial charge >= 0.3 is 0 Å². The Hall–Kier alpha value is -0.300. The lowest BCUT2D eigenvalue weighted by molar-refractivity contribution is 0.244. The van der Waals surface area contributed by atoms with Crippen LogP contribution >= 0.6 is 0 Å². The lowest BCUT2D eigenvalue weighted by Gasteiger charge is -1.92. The number of unbranched alkanes of at least 4 members (excludes halogenated alkanes) is 2. The third kappa shape index (κ3) is 7.70. The lowest BCUT2D eigenvalue weighted by atomic mass is 10.2. The minimum Gasteiger partial charge on any atom is -0.389 e. The van der Waals surface area contributed by atoms with Crippen LogP contribution in [0.5, 0.6) is 0 Å². The molecule has 0 aliphatic carbocycles. The molecule has 0 rings (SSSR count). The zero-order chi connectivity index (χ0) is 7.11. The maximum Gasteiger partial charge on any atom is 0.0692 e. The van der Waals surface area contributed by atoms with E-state index >= 15 is 0 Å². The molecule has 0 spiro atoms. The molecule has 1 atom stereocenters. The molecule has 0 aromatic carbocycles. The van der Waals surface area contributed by atoms with Crippen LogP contribution in [-0.2, 0) is 0 Å². The SMILES string of the molecule is CCCCC=CC(C)O. The number of hydrogen-bond acceptors (Lipinski definition) is 1. The molecule has 0 radical (unpaired) electrons. The fraction of sp³-hybridized carbons (Fsp3) is 0.750. The molecule has 0 saturated carbocycles. The molecule has 0 amide bonds. The number of aliphatic hydroxyl groups excluding tert-OH is 1. The summed E-state index contributed by atoms with van der Waals surface area (Å²) in [5.41, 5.74) is 0. The van der Waals surface area contributed by atoms with E-state index in [9.17, 15) is 0 Å². The fourth-order valence-electron chi connectivity index (χ4n) is 0.615. The van der Waals surface area contributed by atoms with Gasteiger partial charge in [0.2, 0.25) is 0 Å². The minimum atomic E-state index is -0.276. The van der Waals surface area contributed by atoms with Crippen LogP contribution in [0.25, 0.3) is 0 Å². The van der Waals surface area contributed by atoms with E-state index in [0.717, 1.165) is 6.42 Å². The molecule has 0 aromatic heterocycles. The van der Waals surface area contributed by atoms with Gasteiger partial charge in [0, 0.05) is 0 Å². The summed E-state index contributed by atoms with van der Waals surface area (Å²) in [7, 11) is 0. The van der Waals surface area contributed by atoms with E-state index in [-0.39, 0.29) is 6.10 Å². The van der Waals surface area contributed by atoms with Crippen LogP contribution < -0.4 is 0 Å². The average Bonchev–Trinajstić information content (AvgIpc) is 1.80. The van der Waals surface area contributed by atoms with Crippen LogP contribution in [-0.4, -0.2) is 11.2 Å². The van der Waals surface area contributed by atoms with E-state index in [2.05, 4.69) is 6.92 Å². The van der Waals surface area contributed by atoms with Crippen LogP contribution in [0.2, 0.25) is 0 Å². The molecule has 0 bridgehead atoms. The van der Waals surface area contributed by atoms with Crippen molar-refractivity contribution in [3.8, 4) is 0 Å². The molecule has 1 N–H and O–H groups in total. The Bertz CT molecular complexity index is 74.6. The summed E-state index contributed by atoms with van der Waals surface area (Å²) >= 11 is 0. The van der Waals surface area contributed by atoms with Crippen molar-refractivity contribution in [3.05, 3.63) is 12.2 Å². The number of hydrogen-bond donors (Lipinski definition) is 1. The van der Waals surface area contributed by atoms with Gasteiger partial charge in [-0.2, -0.15) is 0 Å². The van der Waals surface area contributed by atoms with E-state index in [0.29, 0.717) is 0 Å². The second kappa shape index (κ2) is 5.83. The molecular formula is C8H16O. The van der Waals surface area contributed by atoms with E-state index in [1.165, 1.54) is 12.8 Å². The summed E-state index contributed by atoms with van der Waals surface area (Å²) in [5.74, 6) is 0. The van der Waals surface area contributed by atoms with Crippen molar-refractivity contribution in [1.82, 2.24) is 0 Å². The second-order valence-electron chi connectivity index (χ2n) is 2.31. The number of rotatable bonds is 4. The molecule has 1 heteroatoms. The molecule has 54 valence electrons. The van der Waals surface area contributed by atoms with Gasteiger partial charge in [0.1, 0.15) is 0 Å². The zero-order valence-corrected chi connectivity index (χ0v) is 6.30. The van der Waals surface area contributed by atoms with E-state index in [1.807, 2.05) is 12.2 Å². The van der Waals surface area contributed by atoms with Crippen LogP contribution in [0.4, 0.5) is 0 Å². The van der Waals surface area contributed by atoms with Crippen LogP contribution in [0, 0.1) is 0 Å². The standard InChI is InChI=1S/C8H16O/c1-3-4-5-6-7-8(2)9/h6-9H,3-5H2,1-2H3. The Morgan fingerprint density at radius 1 is 1.56 bits per heavy atom. The summed E-state index contributed by atoms with van der Waals surface area (Å²) in [5, 5.41) is 8.76. The van der Waals surface area contributed by atoms with Crippen molar-refractivity contribution < 1.29 is 5.11 Å². The monoisotopic (exact) mass is 128 g/mol. The summed E-state index contributed by atoms with van der Waals surface area (Å²) < 4.78 is 0. The highest BCUT2D eigenvalue weighted by atomic mass is 16.3. The largest absolute Gasteiger partial charge is 0.389 e. The average molecular weight is 128 g/mol. The molecule has 0 fully saturated rings. The highest BCUT2D eigenvalue weighted by molar-refractivity contribution is 4.85. The zero-order valence-electron chi connectivity index (χ0n) is 6.30. The minimum absolute atomic E-state index is 0.276. The maximum absolute atomic E-state index is 8.76.